The van der Waals surface area contributed by atoms with E-state index < -0.39 is 11.9 Å². The number of ether oxygens (including phenoxy) is 2. The molecule has 1 heterocycles. The Hall–Kier alpha value is -2.40. The maximum absolute atomic E-state index is 12.8. The fourth-order valence-electron chi connectivity index (χ4n) is 3.20. The van der Waals surface area contributed by atoms with E-state index in [-0.39, 0.29) is 18.3 Å². The Balaban J connectivity index is 2.02. The topological polar surface area (TPSA) is 52.6 Å². The van der Waals surface area contributed by atoms with Crippen LogP contribution in [-0.2, 0) is 14.3 Å². The molecule has 5 heteroatoms. The first-order valence-corrected chi connectivity index (χ1v) is 9.11. The fraction of sp³-hybridized carbons (Fsp3) is 0.300. The van der Waals surface area contributed by atoms with Crippen LogP contribution in [0.2, 0.25) is 0 Å². The van der Waals surface area contributed by atoms with Gasteiger partial charge in [0, 0.05) is 10.8 Å². The Morgan fingerprint density at radius 3 is 2.80 bits per heavy atom. The summed E-state index contributed by atoms with van der Waals surface area (Å²) in [6, 6.07) is 11.5. The molecule has 4 nitrogen and oxygen atoms in total. The van der Waals surface area contributed by atoms with Crippen molar-refractivity contribution in [2.45, 2.75) is 19.3 Å². The fourth-order valence-corrected chi connectivity index (χ4v) is 3.96. The summed E-state index contributed by atoms with van der Waals surface area (Å²) in [5.74, 6) is -1.01. The first-order valence-electron chi connectivity index (χ1n) is 8.23. The van der Waals surface area contributed by atoms with Crippen molar-refractivity contribution in [3.63, 3.8) is 0 Å². The summed E-state index contributed by atoms with van der Waals surface area (Å²) in [6.07, 6.45) is 2.22. The average molecular weight is 356 g/mol. The van der Waals surface area contributed by atoms with Crippen LogP contribution in [0.5, 0.6) is 5.75 Å². The van der Waals surface area contributed by atoms with Gasteiger partial charge in [-0.2, -0.15) is 0 Å². The summed E-state index contributed by atoms with van der Waals surface area (Å²) in [5.41, 5.74) is 1.88. The van der Waals surface area contributed by atoms with Crippen LogP contribution in [0.15, 0.2) is 47.9 Å². The van der Waals surface area contributed by atoms with Gasteiger partial charge in [0.15, 0.2) is 5.78 Å². The SMILES string of the molecule is CCOC(=O)[C@@H]1C(=O)C=C(c2cccs2)C[C@H]1c1cccc(OC)c1. The highest BCUT2D eigenvalue weighted by molar-refractivity contribution is 7.11. The molecular formula is C20H20O4S. The van der Waals surface area contributed by atoms with Gasteiger partial charge in [-0.05, 0) is 54.1 Å². The van der Waals surface area contributed by atoms with Crippen LogP contribution in [0.25, 0.3) is 5.57 Å². The number of methoxy groups -OCH3 is 1. The van der Waals surface area contributed by atoms with Crippen LogP contribution in [0.1, 0.15) is 29.7 Å². The van der Waals surface area contributed by atoms with E-state index in [4.69, 9.17) is 9.47 Å². The number of rotatable bonds is 5. The first-order chi connectivity index (χ1) is 12.1. The van der Waals surface area contributed by atoms with Crippen LogP contribution in [0.4, 0.5) is 0 Å². The number of carbonyl (C=O) groups is 2. The summed E-state index contributed by atoms with van der Waals surface area (Å²) in [4.78, 5) is 26.2. The third kappa shape index (κ3) is 3.66. The number of ketones is 1. The van der Waals surface area contributed by atoms with E-state index in [0.717, 1.165) is 16.0 Å². The molecule has 0 saturated heterocycles. The number of allylic oxidation sites excluding steroid dienone is 2. The zero-order chi connectivity index (χ0) is 17.8. The lowest BCUT2D eigenvalue weighted by molar-refractivity contribution is -0.151. The molecule has 1 aromatic heterocycles. The molecule has 0 spiro atoms. The normalized spacial score (nSPS) is 20.1. The van der Waals surface area contributed by atoms with Crippen molar-refractivity contribution in [1.29, 1.82) is 0 Å². The minimum absolute atomic E-state index is 0.194. The Bertz CT molecular complexity index is 792. The maximum Gasteiger partial charge on any atom is 0.317 e. The van der Waals surface area contributed by atoms with Crippen molar-refractivity contribution in [2.24, 2.45) is 5.92 Å². The second-order valence-electron chi connectivity index (χ2n) is 5.87. The van der Waals surface area contributed by atoms with Gasteiger partial charge < -0.3 is 9.47 Å². The molecule has 130 valence electrons. The van der Waals surface area contributed by atoms with Gasteiger partial charge in [-0.3, -0.25) is 9.59 Å². The molecular weight excluding hydrogens is 336 g/mol. The van der Waals surface area contributed by atoms with E-state index in [9.17, 15) is 9.59 Å². The molecule has 0 radical (unpaired) electrons. The lowest BCUT2D eigenvalue weighted by atomic mass is 9.74. The second-order valence-corrected chi connectivity index (χ2v) is 6.81. The van der Waals surface area contributed by atoms with E-state index in [1.165, 1.54) is 0 Å². The van der Waals surface area contributed by atoms with Gasteiger partial charge in [0.2, 0.25) is 0 Å². The number of hydrogen-bond donors (Lipinski definition) is 0. The zero-order valence-electron chi connectivity index (χ0n) is 14.2. The largest absolute Gasteiger partial charge is 0.497 e. The molecule has 0 aliphatic heterocycles. The average Bonchev–Trinajstić information content (AvgIpc) is 3.16. The summed E-state index contributed by atoms with van der Waals surface area (Å²) in [5, 5.41) is 1.98. The molecule has 25 heavy (non-hydrogen) atoms. The van der Waals surface area contributed by atoms with Crippen molar-refractivity contribution < 1.29 is 19.1 Å². The minimum atomic E-state index is -0.809. The smallest absolute Gasteiger partial charge is 0.317 e. The quantitative estimate of drug-likeness (QED) is 0.598. The van der Waals surface area contributed by atoms with E-state index in [2.05, 4.69) is 0 Å². The molecule has 0 amide bonds. The number of hydrogen-bond acceptors (Lipinski definition) is 5. The van der Waals surface area contributed by atoms with Crippen LogP contribution >= 0.6 is 11.3 Å². The number of thiophene rings is 1. The summed E-state index contributed by atoms with van der Waals surface area (Å²) in [7, 11) is 1.60. The van der Waals surface area contributed by atoms with Gasteiger partial charge >= 0.3 is 5.97 Å². The molecule has 1 aliphatic rings. The van der Waals surface area contributed by atoms with Crippen LogP contribution in [0.3, 0.4) is 0 Å². The summed E-state index contributed by atoms with van der Waals surface area (Å²) >= 11 is 1.59. The standard InChI is InChI=1S/C20H20O4S/c1-3-24-20(22)19-16(13-6-4-7-15(10-13)23-2)11-14(12-17(19)21)18-8-5-9-25-18/h4-10,12,16,19H,3,11H2,1-2H3/t16-,19-/m0/s1. The van der Waals surface area contributed by atoms with Crippen molar-refractivity contribution in [1.82, 2.24) is 0 Å². The highest BCUT2D eigenvalue weighted by atomic mass is 32.1. The predicted molar refractivity (Wildman–Crippen MR) is 97.8 cm³/mol. The van der Waals surface area contributed by atoms with Gasteiger partial charge in [-0.15, -0.1) is 11.3 Å². The maximum atomic E-state index is 12.8. The molecule has 3 rings (SSSR count). The van der Waals surface area contributed by atoms with Crippen molar-refractivity contribution in [2.75, 3.05) is 13.7 Å². The Morgan fingerprint density at radius 1 is 1.28 bits per heavy atom. The Kier molecular flexibility index (Phi) is 5.34. The van der Waals surface area contributed by atoms with Gasteiger partial charge in [0.1, 0.15) is 11.7 Å². The molecule has 1 aliphatic carbocycles. The van der Waals surface area contributed by atoms with Crippen molar-refractivity contribution in [3.05, 3.63) is 58.3 Å². The number of carbonyl (C=O) groups excluding carboxylic acids is 2. The Labute approximate surface area is 151 Å². The van der Waals surface area contributed by atoms with Crippen molar-refractivity contribution in [3.8, 4) is 5.75 Å². The first kappa shape index (κ1) is 17.4. The third-order valence-corrected chi connectivity index (χ3v) is 5.31. The third-order valence-electron chi connectivity index (χ3n) is 4.37. The molecule has 0 fully saturated rings. The van der Waals surface area contributed by atoms with Gasteiger partial charge in [-0.1, -0.05) is 18.2 Å². The molecule has 0 N–H and O–H groups in total. The lowest BCUT2D eigenvalue weighted by Gasteiger charge is -2.29. The van der Waals surface area contributed by atoms with Gasteiger partial charge in [0.05, 0.1) is 13.7 Å². The summed E-state index contributed by atoms with van der Waals surface area (Å²) in [6.45, 7) is 2.01. The van der Waals surface area contributed by atoms with Crippen molar-refractivity contribution >= 4 is 28.7 Å². The molecule has 1 aromatic carbocycles. The predicted octanol–water partition coefficient (Wildman–Crippen LogP) is 4.08. The number of esters is 1. The van der Waals surface area contributed by atoms with Gasteiger partial charge in [-0.25, -0.2) is 0 Å². The summed E-state index contributed by atoms with van der Waals surface area (Å²) < 4.78 is 10.5. The molecule has 0 unspecified atom stereocenters. The van der Waals surface area contributed by atoms with E-state index in [1.54, 1.807) is 31.4 Å². The van der Waals surface area contributed by atoms with Crippen LogP contribution in [-0.4, -0.2) is 25.5 Å². The van der Waals surface area contributed by atoms with E-state index >= 15 is 0 Å². The van der Waals surface area contributed by atoms with E-state index in [1.807, 2.05) is 41.8 Å². The van der Waals surface area contributed by atoms with Crippen LogP contribution < -0.4 is 4.74 Å². The zero-order valence-corrected chi connectivity index (χ0v) is 15.0. The number of benzene rings is 1. The minimum Gasteiger partial charge on any atom is -0.497 e. The monoisotopic (exact) mass is 356 g/mol. The molecule has 2 aromatic rings. The molecule has 0 bridgehead atoms. The Morgan fingerprint density at radius 2 is 2.12 bits per heavy atom. The van der Waals surface area contributed by atoms with Gasteiger partial charge in [0.25, 0.3) is 0 Å². The molecule has 0 saturated carbocycles. The van der Waals surface area contributed by atoms with E-state index in [0.29, 0.717) is 12.2 Å². The highest BCUT2D eigenvalue weighted by Crippen LogP contribution is 2.41. The lowest BCUT2D eigenvalue weighted by Crippen LogP contribution is -2.33. The highest BCUT2D eigenvalue weighted by Gasteiger charge is 2.40. The molecule has 2 atom stereocenters. The second kappa shape index (κ2) is 7.66. The van der Waals surface area contributed by atoms with Crippen LogP contribution in [0, 0.1) is 5.92 Å².